The third-order valence-electron chi connectivity index (χ3n) is 3.77. The monoisotopic (exact) mass is 355 g/mol. The van der Waals surface area contributed by atoms with Crippen LogP contribution in [-0.4, -0.2) is 46.2 Å². The van der Waals surface area contributed by atoms with Crippen LogP contribution >= 0.6 is 0 Å². The van der Waals surface area contributed by atoms with Gasteiger partial charge in [-0.05, 0) is 26.0 Å². The summed E-state index contributed by atoms with van der Waals surface area (Å²) in [5.74, 6) is -1.74. The van der Waals surface area contributed by atoms with Crippen LogP contribution in [0.25, 0.3) is 11.4 Å². The van der Waals surface area contributed by atoms with Gasteiger partial charge in [0.15, 0.2) is 0 Å². The lowest BCUT2D eigenvalue weighted by Gasteiger charge is -2.35. The van der Waals surface area contributed by atoms with Gasteiger partial charge >= 0.3 is 12.1 Å². The van der Waals surface area contributed by atoms with Crippen LogP contribution in [0.2, 0.25) is 0 Å². The first kappa shape index (κ1) is 17.4. The maximum atomic E-state index is 12.5. The third kappa shape index (κ3) is 3.81. The summed E-state index contributed by atoms with van der Waals surface area (Å²) in [4.78, 5) is 17.6. The van der Waals surface area contributed by atoms with E-state index in [1.807, 2.05) is 13.8 Å². The molecule has 2 heterocycles. The van der Waals surface area contributed by atoms with E-state index in [1.165, 1.54) is 24.3 Å². The Morgan fingerprint density at radius 3 is 2.28 bits per heavy atom. The quantitative estimate of drug-likeness (QED) is 0.828. The molecular weight excluding hydrogens is 339 g/mol. The molecule has 0 spiro atoms. The van der Waals surface area contributed by atoms with Gasteiger partial charge in [-0.2, -0.15) is 18.2 Å². The van der Waals surface area contributed by atoms with Gasteiger partial charge in [-0.15, -0.1) is 0 Å². The first-order chi connectivity index (χ1) is 11.7. The summed E-state index contributed by atoms with van der Waals surface area (Å²) in [6.07, 6.45) is -4.79. The fourth-order valence-electron chi connectivity index (χ4n) is 2.74. The molecular formula is C16H16F3N3O3. The first-order valence-corrected chi connectivity index (χ1v) is 7.70. The van der Waals surface area contributed by atoms with E-state index in [9.17, 15) is 18.0 Å². The van der Waals surface area contributed by atoms with E-state index in [0.29, 0.717) is 24.2 Å². The lowest BCUT2D eigenvalue weighted by molar-refractivity contribution is -0.159. The number of nitrogens with zero attached hydrogens (tertiary/aromatic N) is 3. The number of carbonyl (C=O) groups is 1. The summed E-state index contributed by atoms with van der Waals surface area (Å²) in [6.45, 7) is 4.77. The molecule has 0 N–H and O–H groups in total. The highest BCUT2D eigenvalue weighted by Gasteiger charge is 2.38. The van der Waals surface area contributed by atoms with Crippen LogP contribution in [0.3, 0.4) is 0 Å². The minimum absolute atomic E-state index is 0.0490. The van der Waals surface area contributed by atoms with Crippen LogP contribution in [0, 0.1) is 0 Å². The Bertz CT molecular complexity index is 748. The lowest BCUT2D eigenvalue weighted by Crippen LogP contribution is -2.48. The molecule has 2 atom stereocenters. The normalized spacial score (nSPS) is 21.4. The van der Waals surface area contributed by atoms with E-state index >= 15 is 0 Å². The summed E-state index contributed by atoms with van der Waals surface area (Å²) in [5.41, 5.74) is 0.768. The molecule has 9 heteroatoms. The smallest absolute Gasteiger partial charge is 0.372 e. The number of amides is 1. The Morgan fingerprint density at radius 1 is 1.16 bits per heavy atom. The molecule has 0 aliphatic carbocycles. The number of halogens is 3. The second-order valence-electron chi connectivity index (χ2n) is 5.97. The average Bonchev–Trinajstić information content (AvgIpc) is 3.03. The second-order valence-corrected chi connectivity index (χ2v) is 5.97. The molecule has 3 rings (SSSR count). The number of alkyl halides is 3. The van der Waals surface area contributed by atoms with Crippen LogP contribution in [0.5, 0.6) is 0 Å². The minimum atomic E-state index is -4.69. The highest BCUT2D eigenvalue weighted by molar-refractivity contribution is 5.94. The molecule has 1 aliphatic rings. The van der Waals surface area contributed by atoms with Gasteiger partial charge in [0.1, 0.15) is 0 Å². The van der Waals surface area contributed by atoms with Crippen molar-refractivity contribution in [1.29, 1.82) is 0 Å². The number of benzene rings is 1. The Kier molecular flexibility index (Phi) is 4.51. The molecule has 0 bridgehead atoms. The number of hydrogen-bond acceptors (Lipinski definition) is 5. The van der Waals surface area contributed by atoms with Crippen LogP contribution in [0.1, 0.15) is 30.1 Å². The van der Waals surface area contributed by atoms with Crippen molar-refractivity contribution in [2.75, 3.05) is 13.1 Å². The molecule has 6 nitrogen and oxygen atoms in total. The molecule has 1 aromatic heterocycles. The summed E-state index contributed by atoms with van der Waals surface area (Å²) in [7, 11) is 0. The summed E-state index contributed by atoms with van der Waals surface area (Å²) in [5, 5.41) is 3.32. The summed E-state index contributed by atoms with van der Waals surface area (Å²) >= 11 is 0. The van der Waals surface area contributed by atoms with Gasteiger partial charge < -0.3 is 14.2 Å². The van der Waals surface area contributed by atoms with Crippen LogP contribution in [0.15, 0.2) is 28.8 Å². The van der Waals surface area contributed by atoms with Crippen molar-refractivity contribution in [2.45, 2.75) is 32.2 Å². The predicted octanol–water partition coefficient (Wildman–Crippen LogP) is 3.00. The van der Waals surface area contributed by atoms with Crippen molar-refractivity contribution in [1.82, 2.24) is 15.0 Å². The van der Waals surface area contributed by atoms with Gasteiger partial charge in [-0.1, -0.05) is 17.3 Å². The standard InChI is InChI=1S/C16H16F3N3O3/c1-9-7-22(8-10(2)24-9)14(23)12-5-3-11(4-6-12)13-20-15(25-21-13)16(17,18)19/h3-6,9-10H,7-8H2,1-2H3/t9-,10-/m1/s1. The van der Waals surface area contributed by atoms with Crippen molar-refractivity contribution >= 4 is 5.91 Å². The van der Waals surface area contributed by atoms with Crippen LogP contribution < -0.4 is 0 Å². The zero-order valence-electron chi connectivity index (χ0n) is 13.6. The fourth-order valence-corrected chi connectivity index (χ4v) is 2.74. The van der Waals surface area contributed by atoms with Gasteiger partial charge in [0.25, 0.3) is 5.91 Å². The van der Waals surface area contributed by atoms with Gasteiger partial charge in [-0.3, -0.25) is 4.79 Å². The number of carbonyl (C=O) groups excluding carboxylic acids is 1. The maximum absolute atomic E-state index is 12.5. The number of aromatic nitrogens is 2. The van der Waals surface area contributed by atoms with E-state index in [-0.39, 0.29) is 23.9 Å². The minimum Gasteiger partial charge on any atom is -0.372 e. The zero-order chi connectivity index (χ0) is 18.2. The van der Waals surface area contributed by atoms with Crippen molar-refractivity contribution in [2.24, 2.45) is 0 Å². The van der Waals surface area contributed by atoms with Crippen LogP contribution in [0.4, 0.5) is 13.2 Å². The third-order valence-corrected chi connectivity index (χ3v) is 3.77. The molecule has 0 unspecified atom stereocenters. The molecule has 1 saturated heterocycles. The topological polar surface area (TPSA) is 68.5 Å². The van der Waals surface area contributed by atoms with E-state index in [2.05, 4.69) is 14.7 Å². The average molecular weight is 355 g/mol. The number of hydrogen-bond donors (Lipinski definition) is 0. The summed E-state index contributed by atoms with van der Waals surface area (Å²) < 4.78 is 47.3. The Morgan fingerprint density at radius 2 is 1.76 bits per heavy atom. The summed E-state index contributed by atoms with van der Waals surface area (Å²) in [6, 6.07) is 6.05. The molecule has 25 heavy (non-hydrogen) atoms. The molecule has 134 valence electrons. The largest absolute Gasteiger partial charge is 0.471 e. The van der Waals surface area contributed by atoms with Crippen molar-refractivity contribution in [3.05, 3.63) is 35.7 Å². The molecule has 1 amide bonds. The molecule has 1 aliphatic heterocycles. The van der Waals surface area contributed by atoms with E-state index in [1.54, 1.807) is 4.90 Å². The van der Waals surface area contributed by atoms with Crippen molar-refractivity contribution in [3.8, 4) is 11.4 Å². The van der Waals surface area contributed by atoms with Gasteiger partial charge in [0, 0.05) is 24.2 Å². The zero-order valence-corrected chi connectivity index (χ0v) is 13.6. The fraction of sp³-hybridized carbons (Fsp3) is 0.438. The van der Waals surface area contributed by atoms with E-state index in [4.69, 9.17) is 4.74 Å². The van der Waals surface area contributed by atoms with Gasteiger partial charge in [0.05, 0.1) is 12.2 Å². The first-order valence-electron chi connectivity index (χ1n) is 7.70. The lowest BCUT2D eigenvalue weighted by atomic mass is 10.1. The Labute approximate surface area is 141 Å². The van der Waals surface area contributed by atoms with Crippen LogP contribution in [-0.2, 0) is 10.9 Å². The Hall–Kier alpha value is -2.42. The highest BCUT2D eigenvalue weighted by Crippen LogP contribution is 2.29. The van der Waals surface area contributed by atoms with Crippen molar-refractivity contribution < 1.29 is 27.2 Å². The SMILES string of the molecule is C[C@@H]1CN(C(=O)c2ccc(-c3noc(C(F)(F)F)n3)cc2)C[C@@H](C)O1. The molecule has 0 radical (unpaired) electrons. The molecule has 2 aromatic rings. The predicted molar refractivity (Wildman–Crippen MR) is 80.6 cm³/mol. The van der Waals surface area contributed by atoms with E-state index < -0.39 is 12.1 Å². The maximum Gasteiger partial charge on any atom is 0.471 e. The Balaban J connectivity index is 1.76. The van der Waals surface area contributed by atoms with Gasteiger partial charge in [-0.25, -0.2) is 0 Å². The highest BCUT2D eigenvalue weighted by atomic mass is 19.4. The molecule has 0 saturated carbocycles. The van der Waals surface area contributed by atoms with E-state index in [0.717, 1.165) is 0 Å². The second kappa shape index (κ2) is 6.47. The molecule has 1 fully saturated rings. The van der Waals surface area contributed by atoms with Gasteiger partial charge in [0.2, 0.25) is 5.82 Å². The number of rotatable bonds is 2. The van der Waals surface area contributed by atoms with Crippen molar-refractivity contribution in [3.63, 3.8) is 0 Å². The number of ether oxygens (including phenoxy) is 1. The molecule has 1 aromatic carbocycles. The number of morpholine rings is 1.